The smallest absolute Gasteiger partial charge is 0.286 e. The molecule has 0 spiro atoms. The first-order chi connectivity index (χ1) is 16.5. The zero-order valence-corrected chi connectivity index (χ0v) is 20.1. The number of amides is 1. The minimum absolute atomic E-state index is 0.0926. The summed E-state index contributed by atoms with van der Waals surface area (Å²) in [4.78, 5) is 13.3. The molecule has 9 heteroatoms. The third-order valence-corrected chi connectivity index (χ3v) is 6.88. The number of benzene rings is 2. The molecule has 0 bridgehead atoms. The Balaban J connectivity index is 1.55. The fourth-order valence-electron chi connectivity index (χ4n) is 4.69. The van der Waals surface area contributed by atoms with Gasteiger partial charge in [0.25, 0.3) is 5.91 Å². The van der Waals surface area contributed by atoms with E-state index in [-0.39, 0.29) is 24.2 Å². The molecule has 1 N–H and O–H groups in total. The number of hydrazine groups is 1. The van der Waals surface area contributed by atoms with Gasteiger partial charge in [-0.3, -0.25) is 10.2 Å². The zero-order valence-electron chi connectivity index (χ0n) is 18.6. The van der Waals surface area contributed by atoms with Crippen LogP contribution in [0, 0.1) is 5.82 Å². The summed E-state index contributed by atoms with van der Waals surface area (Å²) in [7, 11) is 0. The number of hydrogen-bond donors (Lipinski definition) is 1. The standard InChI is InChI=1S/C25H25Cl2FN4O2/c26-18-6-9-22(21(27)13-18)32-24-17(12-16-4-7-19(28)8-5-16)14-34-15-20(24)23(29-32)25(33)30-31-10-2-1-3-11-31/h4-9,13,17H,1-3,10-12,14-15H2,(H,30,33). The van der Waals surface area contributed by atoms with Crippen molar-refractivity contribution in [2.24, 2.45) is 0 Å². The Bertz CT molecular complexity index is 1190. The van der Waals surface area contributed by atoms with Gasteiger partial charge in [-0.15, -0.1) is 0 Å². The van der Waals surface area contributed by atoms with E-state index in [1.165, 1.54) is 18.6 Å². The van der Waals surface area contributed by atoms with E-state index < -0.39 is 0 Å². The van der Waals surface area contributed by atoms with E-state index in [1.807, 2.05) is 5.01 Å². The van der Waals surface area contributed by atoms with Crippen LogP contribution in [0.25, 0.3) is 5.69 Å². The van der Waals surface area contributed by atoms with Crippen LogP contribution in [0.5, 0.6) is 0 Å². The third-order valence-electron chi connectivity index (χ3n) is 6.34. The van der Waals surface area contributed by atoms with Crippen molar-refractivity contribution >= 4 is 29.1 Å². The van der Waals surface area contributed by atoms with Gasteiger partial charge in [0.05, 0.1) is 29.6 Å². The average molecular weight is 503 g/mol. The van der Waals surface area contributed by atoms with Crippen molar-refractivity contribution in [1.29, 1.82) is 0 Å². The molecule has 3 heterocycles. The SMILES string of the molecule is O=C(NN1CCCCC1)c1nn(-c2ccc(Cl)cc2Cl)c2c1COCC2Cc1ccc(F)cc1. The van der Waals surface area contributed by atoms with Gasteiger partial charge in [-0.25, -0.2) is 14.1 Å². The molecule has 1 fully saturated rings. The van der Waals surface area contributed by atoms with E-state index in [0.29, 0.717) is 34.5 Å². The zero-order chi connectivity index (χ0) is 23.7. The molecular weight excluding hydrogens is 478 g/mol. The number of aromatic nitrogens is 2. The maximum Gasteiger partial charge on any atom is 0.286 e. The molecule has 1 unspecified atom stereocenters. The normalized spacial score (nSPS) is 18.5. The first kappa shape index (κ1) is 23.3. The van der Waals surface area contributed by atoms with Crippen molar-refractivity contribution in [1.82, 2.24) is 20.2 Å². The monoisotopic (exact) mass is 502 g/mol. The van der Waals surface area contributed by atoms with Crippen molar-refractivity contribution < 1.29 is 13.9 Å². The Hall–Kier alpha value is -2.45. The van der Waals surface area contributed by atoms with Crippen LogP contribution >= 0.6 is 23.2 Å². The van der Waals surface area contributed by atoms with Gasteiger partial charge in [-0.2, -0.15) is 5.10 Å². The van der Waals surface area contributed by atoms with Crippen molar-refractivity contribution in [2.45, 2.75) is 38.2 Å². The van der Waals surface area contributed by atoms with Gasteiger partial charge in [-0.05, 0) is 55.2 Å². The highest BCUT2D eigenvalue weighted by Gasteiger charge is 2.33. The maximum atomic E-state index is 13.4. The molecule has 178 valence electrons. The lowest BCUT2D eigenvalue weighted by Gasteiger charge is -2.27. The summed E-state index contributed by atoms with van der Waals surface area (Å²) < 4.78 is 21.1. The van der Waals surface area contributed by atoms with Crippen LogP contribution in [0.1, 0.15) is 52.5 Å². The number of halogens is 3. The molecule has 1 atom stereocenters. The summed E-state index contributed by atoms with van der Waals surface area (Å²) in [5.41, 5.74) is 6.58. The van der Waals surface area contributed by atoms with Gasteiger partial charge in [0.15, 0.2) is 5.69 Å². The van der Waals surface area contributed by atoms with Crippen LogP contribution in [0.15, 0.2) is 42.5 Å². The molecule has 1 aromatic heterocycles. The first-order valence-corrected chi connectivity index (χ1v) is 12.2. The van der Waals surface area contributed by atoms with Crippen LogP contribution in [0.4, 0.5) is 4.39 Å². The number of carbonyl (C=O) groups is 1. The van der Waals surface area contributed by atoms with Crippen molar-refractivity contribution in [2.75, 3.05) is 19.7 Å². The van der Waals surface area contributed by atoms with Crippen LogP contribution in [-0.4, -0.2) is 40.4 Å². The molecule has 3 aromatic rings. The summed E-state index contributed by atoms with van der Waals surface area (Å²) in [5.74, 6) is -0.628. The molecule has 2 aromatic carbocycles. The molecule has 1 saturated heterocycles. The lowest BCUT2D eigenvalue weighted by molar-refractivity contribution is 0.0721. The minimum atomic E-state index is -0.279. The second-order valence-corrected chi connectivity index (χ2v) is 9.59. The summed E-state index contributed by atoms with van der Waals surface area (Å²) >= 11 is 12.7. The van der Waals surface area contributed by atoms with E-state index in [9.17, 15) is 9.18 Å². The largest absolute Gasteiger partial charge is 0.376 e. The molecule has 2 aliphatic heterocycles. The Labute approximate surface area is 207 Å². The fourth-order valence-corrected chi connectivity index (χ4v) is 5.18. The lowest BCUT2D eigenvalue weighted by atomic mass is 9.91. The molecule has 0 saturated carbocycles. The van der Waals surface area contributed by atoms with Crippen LogP contribution in [-0.2, 0) is 17.8 Å². The molecule has 34 heavy (non-hydrogen) atoms. The van der Waals surface area contributed by atoms with Crippen LogP contribution in [0.3, 0.4) is 0 Å². The number of nitrogens with one attached hydrogen (secondary N) is 1. The lowest BCUT2D eigenvalue weighted by Crippen LogP contribution is -2.45. The van der Waals surface area contributed by atoms with Crippen molar-refractivity contribution in [3.8, 4) is 5.69 Å². The summed E-state index contributed by atoms with van der Waals surface area (Å²) in [6.45, 7) is 2.38. The second-order valence-electron chi connectivity index (χ2n) is 8.75. The quantitative estimate of drug-likeness (QED) is 0.513. The number of hydrogen-bond acceptors (Lipinski definition) is 4. The Morgan fingerprint density at radius 2 is 1.88 bits per heavy atom. The molecule has 1 amide bonds. The topological polar surface area (TPSA) is 59.4 Å². The number of rotatable bonds is 5. The first-order valence-electron chi connectivity index (χ1n) is 11.4. The van der Waals surface area contributed by atoms with E-state index in [2.05, 4.69) is 5.43 Å². The van der Waals surface area contributed by atoms with E-state index >= 15 is 0 Å². The molecule has 5 rings (SSSR count). The maximum absolute atomic E-state index is 13.4. The van der Waals surface area contributed by atoms with E-state index in [0.717, 1.165) is 42.8 Å². The summed E-state index contributed by atoms with van der Waals surface area (Å²) in [5, 5.41) is 7.64. The van der Waals surface area contributed by atoms with Gasteiger partial charge in [0.1, 0.15) is 5.82 Å². The number of nitrogens with zero attached hydrogens (tertiary/aromatic N) is 3. The molecule has 6 nitrogen and oxygen atoms in total. The Morgan fingerprint density at radius 1 is 1.12 bits per heavy atom. The molecule has 2 aliphatic rings. The third kappa shape index (κ3) is 4.84. The second kappa shape index (κ2) is 10.0. The highest BCUT2D eigenvalue weighted by Crippen LogP contribution is 2.36. The Morgan fingerprint density at radius 3 is 2.62 bits per heavy atom. The average Bonchev–Trinajstić information content (AvgIpc) is 3.22. The van der Waals surface area contributed by atoms with Gasteiger partial charge in [0.2, 0.25) is 0 Å². The van der Waals surface area contributed by atoms with Crippen LogP contribution < -0.4 is 5.43 Å². The predicted octanol–water partition coefficient (Wildman–Crippen LogP) is 5.31. The highest BCUT2D eigenvalue weighted by molar-refractivity contribution is 6.35. The van der Waals surface area contributed by atoms with Crippen molar-refractivity contribution in [3.63, 3.8) is 0 Å². The summed E-state index contributed by atoms with van der Waals surface area (Å²) in [6.07, 6.45) is 3.88. The predicted molar refractivity (Wildman–Crippen MR) is 129 cm³/mol. The highest BCUT2D eigenvalue weighted by atomic mass is 35.5. The minimum Gasteiger partial charge on any atom is -0.376 e. The van der Waals surface area contributed by atoms with Crippen molar-refractivity contribution in [3.05, 3.63) is 80.8 Å². The van der Waals surface area contributed by atoms with Gasteiger partial charge < -0.3 is 4.74 Å². The summed E-state index contributed by atoms with van der Waals surface area (Å²) in [6, 6.07) is 11.6. The van der Waals surface area contributed by atoms with E-state index in [1.54, 1.807) is 35.0 Å². The molecular formula is C25H25Cl2FN4O2. The number of piperidine rings is 1. The number of fused-ring (bicyclic) bond motifs is 1. The van der Waals surface area contributed by atoms with Gasteiger partial charge in [0, 0.05) is 29.6 Å². The fraction of sp³-hybridized carbons (Fsp3) is 0.360. The van der Waals surface area contributed by atoms with Crippen LogP contribution in [0.2, 0.25) is 10.0 Å². The van der Waals surface area contributed by atoms with Gasteiger partial charge >= 0.3 is 0 Å². The number of ether oxygens (including phenoxy) is 1. The molecule has 0 radical (unpaired) electrons. The number of carbonyl (C=O) groups excluding carboxylic acids is 1. The van der Waals surface area contributed by atoms with Gasteiger partial charge in [-0.1, -0.05) is 41.8 Å². The Kier molecular flexibility index (Phi) is 6.88. The van der Waals surface area contributed by atoms with E-state index in [4.69, 9.17) is 33.0 Å². The molecule has 0 aliphatic carbocycles.